The van der Waals surface area contributed by atoms with Gasteiger partial charge in [-0.1, -0.05) is 18.2 Å². The van der Waals surface area contributed by atoms with Crippen molar-refractivity contribution in [1.82, 2.24) is 9.80 Å². The number of fused-ring (bicyclic) bond motifs is 1. The first-order valence-electron chi connectivity index (χ1n) is 8.77. The van der Waals surface area contributed by atoms with Gasteiger partial charge in [0.05, 0.1) is 5.25 Å². The van der Waals surface area contributed by atoms with Crippen LogP contribution < -0.4 is 0 Å². The maximum absolute atomic E-state index is 13.0. The lowest BCUT2D eigenvalue weighted by Gasteiger charge is -2.41. The molecule has 25 heavy (non-hydrogen) atoms. The van der Waals surface area contributed by atoms with E-state index in [1.807, 2.05) is 44.7 Å². The van der Waals surface area contributed by atoms with Crippen LogP contribution in [0.5, 0.6) is 0 Å². The Bertz CT molecular complexity index is 646. The number of benzene rings is 1. The smallest absolute Gasteiger partial charge is 0.410 e. The highest BCUT2D eigenvalue weighted by atomic mass is 32.2. The molecule has 1 fully saturated rings. The lowest BCUT2D eigenvalue weighted by atomic mass is 10.1. The lowest BCUT2D eigenvalue weighted by Crippen LogP contribution is -2.57. The van der Waals surface area contributed by atoms with E-state index in [1.54, 1.807) is 16.7 Å². The fraction of sp³-hybridized carbons (Fsp3) is 0.579. The van der Waals surface area contributed by atoms with Crippen molar-refractivity contribution in [3.8, 4) is 0 Å². The average molecular weight is 362 g/mol. The molecule has 2 amide bonds. The molecule has 0 radical (unpaired) electrons. The van der Waals surface area contributed by atoms with E-state index >= 15 is 0 Å². The molecule has 6 heteroatoms. The van der Waals surface area contributed by atoms with Gasteiger partial charge >= 0.3 is 6.09 Å². The van der Waals surface area contributed by atoms with Crippen LogP contribution in [0.15, 0.2) is 29.2 Å². The molecule has 5 nitrogen and oxygen atoms in total. The largest absolute Gasteiger partial charge is 0.444 e. The van der Waals surface area contributed by atoms with E-state index in [4.69, 9.17) is 4.74 Å². The van der Waals surface area contributed by atoms with Crippen molar-refractivity contribution in [3.05, 3.63) is 29.8 Å². The van der Waals surface area contributed by atoms with Gasteiger partial charge in [0.15, 0.2) is 0 Å². The molecule has 3 rings (SSSR count). The number of piperazine rings is 1. The first kappa shape index (κ1) is 18.1. The van der Waals surface area contributed by atoms with Crippen molar-refractivity contribution < 1.29 is 14.3 Å². The number of nitrogens with zero attached hydrogens (tertiary/aromatic N) is 2. The predicted molar refractivity (Wildman–Crippen MR) is 98.8 cm³/mol. The summed E-state index contributed by atoms with van der Waals surface area (Å²) >= 11 is 1.66. The van der Waals surface area contributed by atoms with Gasteiger partial charge in [0.2, 0.25) is 5.91 Å². The van der Waals surface area contributed by atoms with Gasteiger partial charge < -0.3 is 14.5 Å². The second kappa shape index (κ2) is 6.90. The standard InChI is InChI=1S/C19H26N2O3S/c1-13-12-20(18(23)24-19(2,3)4)9-10-21(13)17(22)16-11-14-7-5-6-8-15(14)25-16/h5-8,13,16H,9-12H2,1-4H3. The molecule has 1 aromatic rings. The fourth-order valence-electron chi connectivity index (χ4n) is 3.28. The van der Waals surface area contributed by atoms with Crippen molar-refractivity contribution in [1.29, 1.82) is 0 Å². The normalized spacial score (nSPS) is 23.4. The number of rotatable bonds is 1. The Kier molecular flexibility index (Phi) is 5.00. The van der Waals surface area contributed by atoms with E-state index in [1.165, 1.54) is 10.5 Å². The number of carbonyl (C=O) groups excluding carboxylic acids is 2. The quantitative estimate of drug-likeness (QED) is 0.770. The molecule has 0 bridgehead atoms. The van der Waals surface area contributed by atoms with Gasteiger partial charge in [-0.3, -0.25) is 4.79 Å². The zero-order chi connectivity index (χ0) is 18.2. The van der Waals surface area contributed by atoms with Crippen LogP contribution >= 0.6 is 11.8 Å². The van der Waals surface area contributed by atoms with E-state index in [0.717, 1.165) is 6.42 Å². The van der Waals surface area contributed by atoms with Crippen molar-refractivity contribution in [2.45, 2.75) is 55.9 Å². The molecule has 0 spiro atoms. The number of hydrogen-bond donors (Lipinski definition) is 0. The summed E-state index contributed by atoms with van der Waals surface area (Å²) in [6.45, 7) is 9.20. The highest BCUT2D eigenvalue weighted by Crippen LogP contribution is 2.38. The highest BCUT2D eigenvalue weighted by molar-refractivity contribution is 8.01. The van der Waals surface area contributed by atoms with Crippen molar-refractivity contribution >= 4 is 23.8 Å². The molecule has 1 saturated heterocycles. The molecule has 0 N–H and O–H groups in total. The zero-order valence-electron chi connectivity index (χ0n) is 15.3. The Morgan fingerprint density at radius 1 is 1.20 bits per heavy atom. The van der Waals surface area contributed by atoms with Gasteiger partial charge in [0.25, 0.3) is 0 Å². The average Bonchev–Trinajstić information content (AvgIpc) is 2.96. The van der Waals surface area contributed by atoms with Gasteiger partial charge in [-0.25, -0.2) is 4.79 Å². The summed E-state index contributed by atoms with van der Waals surface area (Å²) in [6, 6.07) is 8.21. The van der Waals surface area contributed by atoms with Crippen LogP contribution in [0.4, 0.5) is 4.79 Å². The third-order valence-electron chi connectivity index (χ3n) is 4.48. The molecule has 0 aromatic heterocycles. The van der Waals surface area contributed by atoms with E-state index in [-0.39, 0.29) is 23.3 Å². The second-order valence-corrected chi connectivity index (χ2v) is 8.97. The van der Waals surface area contributed by atoms with E-state index in [2.05, 4.69) is 12.1 Å². The van der Waals surface area contributed by atoms with Crippen LogP contribution in [0.1, 0.15) is 33.3 Å². The molecule has 136 valence electrons. The minimum Gasteiger partial charge on any atom is -0.444 e. The molecular weight excluding hydrogens is 336 g/mol. The maximum Gasteiger partial charge on any atom is 0.410 e. The van der Waals surface area contributed by atoms with Gasteiger partial charge in [-0.2, -0.15) is 0 Å². The summed E-state index contributed by atoms with van der Waals surface area (Å²) in [5, 5.41) is -0.0482. The van der Waals surface area contributed by atoms with E-state index < -0.39 is 5.60 Å². The maximum atomic E-state index is 13.0. The molecule has 1 aromatic carbocycles. The highest BCUT2D eigenvalue weighted by Gasteiger charge is 2.37. The van der Waals surface area contributed by atoms with Gasteiger partial charge in [-0.05, 0) is 45.7 Å². The topological polar surface area (TPSA) is 49.9 Å². The third-order valence-corrected chi connectivity index (χ3v) is 5.79. The summed E-state index contributed by atoms with van der Waals surface area (Å²) in [5.41, 5.74) is 0.755. The number of amides is 2. The summed E-state index contributed by atoms with van der Waals surface area (Å²) in [5.74, 6) is 0.178. The van der Waals surface area contributed by atoms with Crippen LogP contribution in [-0.2, 0) is 16.0 Å². The minimum absolute atomic E-state index is 0.00178. The summed E-state index contributed by atoms with van der Waals surface area (Å²) in [7, 11) is 0. The lowest BCUT2D eigenvalue weighted by molar-refractivity contribution is -0.135. The third kappa shape index (κ3) is 4.11. The minimum atomic E-state index is -0.500. The van der Waals surface area contributed by atoms with Gasteiger partial charge in [0.1, 0.15) is 5.60 Å². The number of carbonyl (C=O) groups is 2. The second-order valence-electron chi connectivity index (χ2n) is 7.73. The Morgan fingerprint density at radius 2 is 1.92 bits per heavy atom. The van der Waals surface area contributed by atoms with Crippen molar-refractivity contribution in [2.24, 2.45) is 0 Å². The zero-order valence-corrected chi connectivity index (χ0v) is 16.1. The molecule has 2 aliphatic rings. The van der Waals surface area contributed by atoms with Gasteiger partial charge in [0, 0.05) is 30.6 Å². The van der Waals surface area contributed by atoms with Crippen molar-refractivity contribution in [2.75, 3.05) is 19.6 Å². The molecule has 0 aliphatic carbocycles. The molecule has 2 heterocycles. The summed E-state index contributed by atoms with van der Waals surface area (Å²) < 4.78 is 5.44. The summed E-state index contributed by atoms with van der Waals surface area (Å²) in [4.78, 5) is 30.0. The predicted octanol–water partition coefficient (Wildman–Crippen LogP) is 3.17. The van der Waals surface area contributed by atoms with Crippen LogP contribution in [0.25, 0.3) is 0 Å². The van der Waals surface area contributed by atoms with E-state index in [0.29, 0.717) is 19.6 Å². The van der Waals surface area contributed by atoms with Crippen LogP contribution in [-0.4, -0.2) is 58.3 Å². The molecule has 2 unspecified atom stereocenters. The summed E-state index contributed by atoms with van der Waals surface area (Å²) in [6.07, 6.45) is 0.493. The Balaban J connectivity index is 1.59. The van der Waals surface area contributed by atoms with Crippen LogP contribution in [0.2, 0.25) is 0 Å². The number of ether oxygens (including phenoxy) is 1. The molecule has 0 saturated carbocycles. The number of thioether (sulfide) groups is 1. The number of hydrogen-bond acceptors (Lipinski definition) is 4. The Hall–Kier alpha value is -1.69. The van der Waals surface area contributed by atoms with Crippen LogP contribution in [0.3, 0.4) is 0 Å². The first-order chi connectivity index (χ1) is 11.7. The van der Waals surface area contributed by atoms with Gasteiger partial charge in [-0.15, -0.1) is 11.8 Å². The Morgan fingerprint density at radius 3 is 2.56 bits per heavy atom. The first-order valence-corrected chi connectivity index (χ1v) is 9.65. The SMILES string of the molecule is CC1CN(C(=O)OC(C)(C)C)CCN1C(=O)C1Cc2ccccc2S1. The fourth-order valence-corrected chi connectivity index (χ4v) is 4.55. The molecule has 2 atom stereocenters. The molecular formula is C19H26N2O3S. The van der Waals surface area contributed by atoms with Crippen molar-refractivity contribution in [3.63, 3.8) is 0 Å². The van der Waals surface area contributed by atoms with Crippen LogP contribution in [0, 0.1) is 0 Å². The molecule has 2 aliphatic heterocycles. The Labute approximate surface area is 153 Å². The van der Waals surface area contributed by atoms with E-state index in [9.17, 15) is 9.59 Å². The monoisotopic (exact) mass is 362 g/mol.